The van der Waals surface area contributed by atoms with E-state index in [1.807, 2.05) is 42.5 Å². The van der Waals surface area contributed by atoms with Crippen LogP contribution < -0.4 is 5.32 Å². The number of ketones is 1. The fraction of sp³-hybridized carbons (Fsp3) is 0.375. The van der Waals surface area contributed by atoms with Crippen LogP contribution in [0.25, 0.3) is 22.2 Å². The van der Waals surface area contributed by atoms with Crippen molar-refractivity contribution in [2.45, 2.75) is 38.8 Å². The Morgan fingerprint density at radius 2 is 1.75 bits per heavy atom. The van der Waals surface area contributed by atoms with Gasteiger partial charge in [-0.3, -0.25) is 9.69 Å². The fourth-order valence-electron chi connectivity index (χ4n) is 4.26. The summed E-state index contributed by atoms with van der Waals surface area (Å²) >= 11 is 0. The Morgan fingerprint density at radius 1 is 1.07 bits per heavy atom. The van der Waals surface area contributed by atoms with E-state index in [9.17, 15) is 4.79 Å². The summed E-state index contributed by atoms with van der Waals surface area (Å²) in [4.78, 5) is 19.1. The smallest absolute Gasteiger partial charge is 0.179 e. The number of hydrogen-bond acceptors (Lipinski definition) is 3. The number of carbonyl (C=O) groups is 1. The van der Waals surface area contributed by atoms with E-state index in [4.69, 9.17) is 0 Å². The van der Waals surface area contributed by atoms with Crippen molar-refractivity contribution in [3.05, 3.63) is 60.2 Å². The van der Waals surface area contributed by atoms with Gasteiger partial charge in [-0.1, -0.05) is 62.4 Å². The highest BCUT2D eigenvalue weighted by Crippen LogP contribution is 2.31. The largest absolute Gasteiger partial charge is 0.354 e. The van der Waals surface area contributed by atoms with Crippen LogP contribution >= 0.6 is 0 Å². The third kappa shape index (κ3) is 4.03. The van der Waals surface area contributed by atoms with Gasteiger partial charge in [-0.25, -0.2) is 0 Å². The molecule has 0 amide bonds. The van der Waals surface area contributed by atoms with Crippen LogP contribution in [0, 0.1) is 0 Å². The molecule has 1 aliphatic rings. The third-order valence-corrected chi connectivity index (χ3v) is 5.57. The number of likely N-dealkylation sites (tertiary alicyclic amines) is 1. The first-order chi connectivity index (χ1) is 13.6. The van der Waals surface area contributed by atoms with E-state index in [0.717, 1.165) is 53.7 Å². The number of aromatic nitrogens is 1. The van der Waals surface area contributed by atoms with Gasteiger partial charge in [-0.15, -0.1) is 0 Å². The molecular weight excluding hydrogens is 346 g/mol. The normalized spacial score (nSPS) is 16.1. The Hall–Kier alpha value is -2.43. The minimum absolute atomic E-state index is 0.201. The zero-order chi connectivity index (χ0) is 19.5. The van der Waals surface area contributed by atoms with Crippen molar-refractivity contribution < 1.29 is 4.79 Å². The highest BCUT2D eigenvalue weighted by Gasteiger charge is 2.24. The van der Waals surface area contributed by atoms with Crippen molar-refractivity contribution in [2.24, 2.45) is 0 Å². The van der Waals surface area contributed by atoms with Gasteiger partial charge >= 0.3 is 0 Å². The van der Waals surface area contributed by atoms with Gasteiger partial charge in [0.25, 0.3) is 0 Å². The van der Waals surface area contributed by atoms with Crippen molar-refractivity contribution in [3.8, 4) is 11.3 Å². The highest BCUT2D eigenvalue weighted by molar-refractivity contribution is 6.14. The molecule has 2 heterocycles. The Bertz CT molecular complexity index is 937. The number of fused-ring (bicyclic) bond motifs is 1. The molecule has 4 heteroatoms. The Labute approximate surface area is 166 Å². The average molecular weight is 376 g/mol. The minimum atomic E-state index is 0.201. The second-order valence-corrected chi connectivity index (χ2v) is 8.08. The molecule has 1 aliphatic heterocycles. The molecule has 0 saturated carbocycles. The molecule has 3 aromatic rings. The SMILES string of the molecule is CC(C)NC1CCN(CC(=O)c2c(-c3ccccc3)[nH]c3ccccc23)CC1. The molecule has 0 radical (unpaired) electrons. The van der Waals surface area contributed by atoms with Crippen molar-refractivity contribution in [2.75, 3.05) is 19.6 Å². The minimum Gasteiger partial charge on any atom is -0.354 e. The number of benzene rings is 2. The maximum absolute atomic E-state index is 13.4. The predicted octanol–water partition coefficient (Wildman–Crippen LogP) is 4.48. The van der Waals surface area contributed by atoms with Crippen LogP contribution in [0.4, 0.5) is 0 Å². The number of rotatable bonds is 6. The van der Waals surface area contributed by atoms with Gasteiger partial charge in [0.05, 0.1) is 17.8 Å². The predicted molar refractivity (Wildman–Crippen MR) is 116 cm³/mol. The molecule has 146 valence electrons. The van der Waals surface area contributed by atoms with Crippen LogP contribution in [0.5, 0.6) is 0 Å². The molecule has 0 unspecified atom stereocenters. The molecule has 2 aromatic carbocycles. The number of nitrogens with zero attached hydrogens (tertiary/aromatic N) is 1. The van der Waals surface area contributed by atoms with Crippen LogP contribution in [0.15, 0.2) is 54.6 Å². The number of Topliss-reactive ketones (excluding diaryl/α,β-unsaturated/α-hetero) is 1. The average Bonchev–Trinajstić information content (AvgIpc) is 3.09. The molecule has 1 saturated heterocycles. The summed E-state index contributed by atoms with van der Waals surface area (Å²) in [5.74, 6) is 0.201. The van der Waals surface area contributed by atoms with Gasteiger partial charge < -0.3 is 10.3 Å². The van der Waals surface area contributed by atoms with Gasteiger partial charge in [-0.05, 0) is 24.5 Å². The lowest BCUT2D eigenvalue weighted by Crippen LogP contribution is -2.46. The summed E-state index contributed by atoms with van der Waals surface area (Å²) in [5, 5.41) is 4.64. The number of carbonyl (C=O) groups excluding carboxylic acids is 1. The summed E-state index contributed by atoms with van der Waals surface area (Å²) in [5.41, 5.74) is 3.83. The number of H-pyrrole nitrogens is 1. The van der Waals surface area contributed by atoms with Crippen LogP contribution in [-0.2, 0) is 0 Å². The van der Waals surface area contributed by atoms with E-state index in [1.54, 1.807) is 0 Å². The van der Waals surface area contributed by atoms with Crippen LogP contribution in [0.2, 0.25) is 0 Å². The van der Waals surface area contributed by atoms with Gasteiger partial charge in [0.15, 0.2) is 5.78 Å². The molecule has 1 fully saturated rings. The van der Waals surface area contributed by atoms with Gasteiger partial charge in [-0.2, -0.15) is 0 Å². The fourth-order valence-corrected chi connectivity index (χ4v) is 4.26. The summed E-state index contributed by atoms with van der Waals surface area (Å²) in [6, 6.07) is 19.3. The Kier molecular flexibility index (Phi) is 5.60. The van der Waals surface area contributed by atoms with Crippen molar-refractivity contribution in [1.82, 2.24) is 15.2 Å². The molecule has 0 spiro atoms. The molecule has 0 bridgehead atoms. The van der Waals surface area contributed by atoms with E-state index in [0.29, 0.717) is 18.6 Å². The maximum atomic E-state index is 13.4. The summed E-state index contributed by atoms with van der Waals surface area (Å²) in [7, 11) is 0. The van der Waals surface area contributed by atoms with E-state index >= 15 is 0 Å². The Morgan fingerprint density at radius 3 is 2.46 bits per heavy atom. The second-order valence-electron chi connectivity index (χ2n) is 8.08. The van der Waals surface area contributed by atoms with Crippen molar-refractivity contribution in [1.29, 1.82) is 0 Å². The first kappa shape index (κ1) is 18.9. The maximum Gasteiger partial charge on any atom is 0.179 e. The van der Waals surface area contributed by atoms with Gasteiger partial charge in [0.1, 0.15) is 0 Å². The molecular formula is C24H29N3O. The van der Waals surface area contributed by atoms with Gasteiger partial charge in [0, 0.05) is 36.1 Å². The second kappa shape index (κ2) is 8.29. The van der Waals surface area contributed by atoms with E-state index in [2.05, 4.69) is 41.2 Å². The molecule has 4 nitrogen and oxygen atoms in total. The summed E-state index contributed by atoms with van der Waals surface area (Å²) in [6.07, 6.45) is 2.20. The number of nitrogens with one attached hydrogen (secondary N) is 2. The van der Waals surface area contributed by atoms with Crippen LogP contribution in [0.1, 0.15) is 37.0 Å². The zero-order valence-electron chi connectivity index (χ0n) is 16.7. The van der Waals surface area contributed by atoms with E-state index in [-0.39, 0.29) is 5.78 Å². The molecule has 28 heavy (non-hydrogen) atoms. The highest BCUT2D eigenvalue weighted by atomic mass is 16.1. The van der Waals surface area contributed by atoms with Gasteiger partial charge in [0.2, 0.25) is 0 Å². The lowest BCUT2D eigenvalue weighted by Gasteiger charge is -2.33. The summed E-state index contributed by atoms with van der Waals surface area (Å²) in [6.45, 7) is 6.81. The molecule has 4 rings (SSSR count). The first-order valence-electron chi connectivity index (χ1n) is 10.3. The first-order valence-corrected chi connectivity index (χ1v) is 10.3. The molecule has 0 aliphatic carbocycles. The monoisotopic (exact) mass is 375 g/mol. The standard InChI is InChI=1S/C24H29N3O/c1-17(2)25-19-12-14-27(15-13-19)16-22(28)23-20-10-6-7-11-21(20)26-24(23)18-8-4-3-5-9-18/h3-11,17,19,25-26H,12-16H2,1-2H3. The number of piperidine rings is 1. The Balaban J connectivity index is 1.56. The lowest BCUT2D eigenvalue weighted by molar-refractivity contribution is 0.0905. The number of para-hydroxylation sites is 1. The number of aromatic amines is 1. The third-order valence-electron chi connectivity index (χ3n) is 5.57. The topological polar surface area (TPSA) is 48.1 Å². The van der Waals surface area contributed by atoms with E-state index < -0.39 is 0 Å². The van der Waals surface area contributed by atoms with Crippen LogP contribution in [0.3, 0.4) is 0 Å². The van der Waals surface area contributed by atoms with Crippen molar-refractivity contribution in [3.63, 3.8) is 0 Å². The zero-order valence-corrected chi connectivity index (χ0v) is 16.7. The van der Waals surface area contributed by atoms with Crippen LogP contribution in [-0.4, -0.2) is 47.4 Å². The quantitative estimate of drug-likeness (QED) is 0.625. The lowest BCUT2D eigenvalue weighted by atomic mass is 9.99. The van der Waals surface area contributed by atoms with E-state index in [1.165, 1.54) is 0 Å². The number of hydrogen-bond donors (Lipinski definition) is 2. The van der Waals surface area contributed by atoms with Crippen molar-refractivity contribution >= 4 is 16.7 Å². The molecule has 0 atom stereocenters. The summed E-state index contributed by atoms with van der Waals surface area (Å²) < 4.78 is 0. The molecule has 2 N–H and O–H groups in total. The molecule has 1 aromatic heterocycles.